The van der Waals surface area contributed by atoms with E-state index in [1.807, 2.05) is 0 Å². The SMILES string of the molecule is COc1ccc(C(=O)Nc2cccc(S(=O)(=O)N3CCCC3)c2)c(OC)c1OC. The number of carbonyl (C=O) groups is 1. The Labute approximate surface area is 170 Å². The fourth-order valence-electron chi connectivity index (χ4n) is 3.29. The second-order valence-electron chi connectivity index (χ2n) is 6.48. The van der Waals surface area contributed by atoms with E-state index in [0.717, 1.165) is 12.8 Å². The number of hydrogen-bond donors (Lipinski definition) is 1. The average molecular weight is 420 g/mol. The van der Waals surface area contributed by atoms with Gasteiger partial charge in [0.1, 0.15) is 0 Å². The maximum atomic E-state index is 12.8. The number of amides is 1. The molecule has 1 amide bonds. The maximum Gasteiger partial charge on any atom is 0.259 e. The van der Waals surface area contributed by atoms with E-state index in [1.54, 1.807) is 24.3 Å². The number of ether oxygens (including phenoxy) is 3. The molecule has 0 aromatic heterocycles. The summed E-state index contributed by atoms with van der Waals surface area (Å²) < 4.78 is 42.9. The third kappa shape index (κ3) is 4.15. The highest BCUT2D eigenvalue weighted by Crippen LogP contribution is 2.40. The Balaban J connectivity index is 1.89. The normalized spacial score (nSPS) is 14.4. The lowest BCUT2D eigenvalue weighted by molar-refractivity contribution is 0.102. The van der Waals surface area contributed by atoms with Crippen molar-refractivity contribution in [1.29, 1.82) is 0 Å². The second-order valence-corrected chi connectivity index (χ2v) is 8.41. The van der Waals surface area contributed by atoms with Crippen LogP contribution in [0.15, 0.2) is 41.3 Å². The molecule has 1 aliphatic rings. The maximum absolute atomic E-state index is 12.8. The van der Waals surface area contributed by atoms with Crippen LogP contribution >= 0.6 is 0 Å². The van der Waals surface area contributed by atoms with E-state index in [4.69, 9.17) is 14.2 Å². The van der Waals surface area contributed by atoms with Gasteiger partial charge in [0.2, 0.25) is 15.8 Å². The van der Waals surface area contributed by atoms with Crippen molar-refractivity contribution in [2.24, 2.45) is 0 Å². The summed E-state index contributed by atoms with van der Waals surface area (Å²) in [6.45, 7) is 1.03. The predicted molar refractivity (Wildman–Crippen MR) is 108 cm³/mol. The highest BCUT2D eigenvalue weighted by molar-refractivity contribution is 7.89. The Kier molecular flexibility index (Phi) is 6.29. The summed E-state index contributed by atoms with van der Waals surface area (Å²) in [4.78, 5) is 13.0. The molecule has 0 aliphatic carbocycles. The van der Waals surface area contributed by atoms with E-state index in [0.29, 0.717) is 30.3 Å². The van der Waals surface area contributed by atoms with Crippen LogP contribution < -0.4 is 19.5 Å². The molecule has 0 atom stereocenters. The molecule has 1 fully saturated rings. The van der Waals surface area contributed by atoms with E-state index in [2.05, 4.69) is 5.32 Å². The van der Waals surface area contributed by atoms with Crippen LogP contribution in [0.25, 0.3) is 0 Å². The molecule has 29 heavy (non-hydrogen) atoms. The molecule has 1 heterocycles. The summed E-state index contributed by atoms with van der Waals surface area (Å²) in [6, 6.07) is 9.38. The monoisotopic (exact) mass is 420 g/mol. The number of hydrogen-bond acceptors (Lipinski definition) is 6. The summed E-state index contributed by atoms with van der Waals surface area (Å²) in [5.41, 5.74) is 0.602. The van der Waals surface area contributed by atoms with Gasteiger partial charge < -0.3 is 19.5 Å². The smallest absolute Gasteiger partial charge is 0.259 e. The topological polar surface area (TPSA) is 94.2 Å². The Bertz CT molecular complexity index is 1000. The molecular weight excluding hydrogens is 396 g/mol. The van der Waals surface area contributed by atoms with Crippen molar-refractivity contribution in [3.63, 3.8) is 0 Å². The van der Waals surface area contributed by atoms with Crippen molar-refractivity contribution in [2.45, 2.75) is 17.7 Å². The number of benzene rings is 2. The van der Waals surface area contributed by atoms with Gasteiger partial charge in [-0.05, 0) is 43.2 Å². The van der Waals surface area contributed by atoms with Crippen LogP contribution in [-0.4, -0.2) is 53.0 Å². The van der Waals surface area contributed by atoms with Crippen LogP contribution in [-0.2, 0) is 10.0 Å². The van der Waals surface area contributed by atoms with Gasteiger partial charge in [-0.2, -0.15) is 4.31 Å². The summed E-state index contributed by atoms with van der Waals surface area (Å²) in [5, 5.41) is 2.73. The fraction of sp³-hybridized carbons (Fsp3) is 0.350. The van der Waals surface area contributed by atoms with Crippen LogP contribution in [0.3, 0.4) is 0 Å². The lowest BCUT2D eigenvalue weighted by Gasteiger charge is -2.17. The molecule has 1 saturated heterocycles. The number of carbonyl (C=O) groups excluding carboxylic acids is 1. The van der Waals surface area contributed by atoms with E-state index >= 15 is 0 Å². The zero-order chi connectivity index (χ0) is 21.0. The number of sulfonamides is 1. The molecule has 0 spiro atoms. The van der Waals surface area contributed by atoms with Crippen molar-refractivity contribution < 1.29 is 27.4 Å². The summed E-state index contributed by atoms with van der Waals surface area (Å²) in [5.74, 6) is 0.497. The first kappa shape index (κ1) is 20.9. The summed E-state index contributed by atoms with van der Waals surface area (Å²) in [6.07, 6.45) is 1.71. The molecule has 2 aromatic rings. The van der Waals surface area contributed by atoms with Crippen molar-refractivity contribution in [1.82, 2.24) is 4.31 Å². The first-order valence-corrected chi connectivity index (χ1v) is 10.6. The molecule has 156 valence electrons. The van der Waals surface area contributed by atoms with Gasteiger partial charge in [0.05, 0.1) is 31.8 Å². The predicted octanol–water partition coefficient (Wildman–Crippen LogP) is 2.75. The van der Waals surface area contributed by atoms with Crippen molar-refractivity contribution in [2.75, 3.05) is 39.7 Å². The van der Waals surface area contributed by atoms with Gasteiger partial charge in [0.15, 0.2) is 11.5 Å². The summed E-state index contributed by atoms with van der Waals surface area (Å²) >= 11 is 0. The standard InChI is InChI=1S/C20H24N2O6S/c1-26-17-10-9-16(18(27-2)19(17)28-3)20(23)21-14-7-6-8-15(13-14)29(24,25)22-11-4-5-12-22/h6-10,13H,4-5,11-12H2,1-3H3,(H,21,23). The lowest BCUT2D eigenvalue weighted by atomic mass is 10.1. The third-order valence-electron chi connectivity index (χ3n) is 4.74. The molecule has 8 nitrogen and oxygen atoms in total. The van der Waals surface area contributed by atoms with Gasteiger partial charge in [-0.25, -0.2) is 8.42 Å². The zero-order valence-corrected chi connectivity index (χ0v) is 17.4. The molecule has 1 aliphatic heterocycles. The molecule has 0 saturated carbocycles. The molecule has 9 heteroatoms. The van der Waals surface area contributed by atoms with Gasteiger partial charge in [-0.15, -0.1) is 0 Å². The van der Waals surface area contributed by atoms with Gasteiger partial charge in [0.25, 0.3) is 5.91 Å². The highest BCUT2D eigenvalue weighted by Gasteiger charge is 2.27. The van der Waals surface area contributed by atoms with Crippen LogP contribution in [0, 0.1) is 0 Å². The van der Waals surface area contributed by atoms with E-state index < -0.39 is 15.9 Å². The summed E-state index contributed by atoms with van der Waals surface area (Å²) in [7, 11) is 0.797. The van der Waals surface area contributed by atoms with Crippen molar-refractivity contribution in [3.05, 3.63) is 42.0 Å². The highest BCUT2D eigenvalue weighted by atomic mass is 32.2. The van der Waals surface area contributed by atoms with Gasteiger partial charge in [0, 0.05) is 18.8 Å². The first-order valence-electron chi connectivity index (χ1n) is 9.13. The van der Waals surface area contributed by atoms with Crippen molar-refractivity contribution >= 4 is 21.6 Å². The van der Waals surface area contributed by atoms with Crippen LogP contribution in [0.2, 0.25) is 0 Å². The Morgan fingerprint density at radius 1 is 0.966 bits per heavy atom. The Morgan fingerprint density at radius 2 is 1.66 bits per heavy atom. The number of methoxy groups -OCH3 is 3. The zero-order valence-electron chi connectivity index (χ0n) is 16.6. The first-order chi connectivity index (χ1) is 13.9. The molecule has 0 radical (unpaired) electrons. The molecule has 2 aromatic carbocycles. The van der Waals surface area contributed by atoms with Crippen LogP contribution in [0.5, 0.6) is 17.2 Å². The minimum Gasteiger partial charge on any atom is -0.493 e. The Hall–Kier alpha value is -2.78. The number of nitrogens with zero attached hydrogens (tertiary/aromatic N) is 1. The quantitative estimate of drug-likeness (QED) is 0.740. The van der Waals surface area contributed by atoms with Gasteiger partial charge in [-0.1, -0.05) is 6.07 Å². The van der Waals surface area contributed by atoms with Gasteiger partial charge >= 0.3 is 0 Å². The van der Waals surface area contributed by atoms with Crippen LogP contribution in [0.4, 0.5) is 5.69 Å². The van der Waals surface area contributed by atoms with Gasteiger partial charge in [-0.3, -0.25) is 4.79 Å². The van der Waals surface area contributed by atoms with Crippen LogP contribution in [0.1, 0.15) is 23.2 Å². The molecular formula is C20H24N2O6S. The minimum absolute atomic E-state index is 0.150. The Morgan fingerprint density at radius 3 is 2.28 bits per heavy atom. The van der Waals surface area contributed by atoms with E-state index in [-0.39, 0.29) is 16.2 Å². The number of nitrogens with one attached hydrogen (secondary N) is 1. The lowest BCUT2D eigenvalue weighted by Crippen LogP contribution is -2.27. The molecule has 0 bridgehead atoms. The fourth-order valence-corrected chi connectivity index (χ4v) is 4.85. The molecule has 1 N–H and O–H groups in total. The molecule has 0 unspecified atom stereocenters. The number of rotatable bonds is 7. The minimum atomic E-state index is -3.57. The molecule has 3 rings (SSSR count). The largest absolute Gasteiger partial charge is 0.493 e. The van der Waals surface area contributed by atoms with E-state index in [9.17, 15) is 13.2 Å². The average Bonchev–Trinajstić information content (AvgIpc) is 3.28. The van der Waals surface area contributed by atoms with Crippen molar-refractivity contribution in [3.8, 4) is 17.2 Å². The third-order valence-corrected chi connectivity index (χ3v) is 6.64. The van der Waals surface area contributed by atoms with E-state index in [1.165, 1.54) is 37.8 Å². The second kappa shape index (κ2) is 8.71. The number of anilines is 1.